The lowest BCUT2D eigenvalue weighted by Crippen LogP contribution is -2.42. The molecule has 0 radical (unpaired) electrons. The fourth-order valence-corrected chi connectivity index (χ4v) is 2.53. The van der Waals surface area contributed by atoms with Gasteiger partial charge >= 0.3 is 6.03 Å². The molecule has 4 nitrogen and oxygen atoms in total. The number of carbonyl (C=O) groups excluding carboxylic acids is 1. The second kappa shape index (κ2) is 6.74. The molecule has 2 unspecified atom stereocenters. The van der Waals surface area contributed by atoms with Gasteiger partial charge in [0.2, 0.25) is 0 Å². The first-order valence-corrected chi connectivity index (χ1v) is 6.45. The van der Waals surface area contributed by atoms with Gasteiger partial charge in [-0.25, -0.2) is 4.79 Å². The van der Waals surface area contributed by atoms with Crippen molar-refractivity contribution >= 4 is 6.03 Å². The van der Waals surface area contributed by atoms with Gasteiger partial charge in [0, 0.05) is 19.6 Å². The van der Waals surface area contributed by atoms with E-state index in [4.69, 9.17) is 5.73 Å². The molecular formula is C12H25N3O. The van der Waals surface area contributed by atoms with Gasteiger partial charge in [-0.3, -0.25) is 0 Å². The number of hydrogen-bond acceptors (Lipinski definition) is 2. The van der Waals surface area contributed by atoms with Crippen molar-refractivity contribution in [3.8, 4) is 0 Å². The van der Waals surface area contributed by atoms with Crippen LogP contribution in [0.2, 0.25) is 0 Å². The molecule has 0 bridgehead atoms. The number of nitrogens with two attached hydrogens (primary N) is 1. The summed E-state index contributed by atoms with van der Waals surface area (Å²) in [4.78, 5) is 13.6. The summed E-state index contributed by atoms with van der Waals surface area (Å²) in [6.07, 6.45) is 3.69. The second-order valence-electron chi connectivity index (χ2n) is 4.55. The highest BCUT2D eigenvalue weighted by Crippen LogP contribution is 2.30. The van der Waals surface area contributed by atoms with Crippen LogP contribution in [0.4, 0.5) is 4.79 Å². The van der Waals surface area contributed by atoms with Crippen molar-refractivity contribution in [3.05, 3.63) is 0 Å². The third-order valence-electron chi connectivity index (χ3n) is 3.69. The number of rotatable bonds is 5. The number of amides is 2. The molecular weight excluding hydrogens is 202 g/mol. The van der Waals surface area contributed by atoms with Gasteiger partial charge in [-0.15, -0.1) is 0 Å². The Labute approximate surface area is 98.6 Å². The summed E-state index contributed by atoms with van der Waals surface area (Å²) in [7, 11) is 0. The van der Waals surface area contributed by atoms with Crippen LogP contribution in [0.3, 0.4) is 0 Å². The van der Waals surface area contributed by atoms with Crippen LogP contribution in [-0.2, 0) is 0 Å². The number of carbonyl (C=O) groups is 1. The average molecular weight is 227 g/mol. The van der Waals surface area contributed by atoms with E-state index in [0.717, 1.165) is 26.2 Å². The lowest BCUT2D eigenvalue weighted by atomic mass is 9.96. The minimum absolute atomic E-state index is 0.0627. The Morgan fingerprint density at radius 3 is 2.50 bits per heavy atom. The highest BCUT2D eigenvalue weighted by atomic mass is 16.2. The lowest BCUT2D eigenvalue weighted by Gasteiger charge is -2.23. The fourth-order valence-electron chi connectivity index (χ4n) is 2.53. The van der Waals surface area contributed by atoms with Crippen LogP contribution >= 0.6 is 0 Å². The summed E-state index contributed by atoms with van der Waals surface area (Å²) in [5, 5.41) is 3.02. The van der Waals surface area contributed by atoms with E-state index in [1.165, 1.54) is 19.3 Å². The molecule has 0 aromatic carbocycles. The molecule has 0 aromatic rings. The average Bonchev–Trinajstić information content (AvgIpc) is 2.75. The Kier molecular flexibility index (Phi) is 5.60. The van der Waals surface area contributed by atoms with Crippen molar-refractivity contribution in [2.75, 3.05) is 26.2 Å². The van der Waals surface area contributed by atoms with Crippen LogP contribution in [0, 0.1) is 11.8 Å². The molecule has 1 rings (SSSR count). The summed E-state index contributed by atoms with van der Waals surface area (Å²) >= 11 is 0. The molecule has 0 spiro atoms. The molecule has 0 aliphatic heterocycles. The maximum atomic E-state index is 11.7. The van der Waals surface area contributed by atoms with E-state index in [1.807, 2.05) is 18.7 Å². The molecule has 1 fully saturated rings. The van der Waals surface area contributed by atoms with Gasteiger partial charge in [0.15, 0.2) is 0 Å². The van der Waals surface area contributed by atoms with Gasteiger partial charge in [-0.1, -0.05) is 6.42 Å². The van der Waals surface area contributed by atoms with Gasteiger partial charge in [0.05, 0.1) is 0 Å². The van der Waals surface area contributed by atoms with E-state index in [1.54, 1.807) is 0 Å². The largest absolute Gasteiger partial charge is 0.338 e. The predicted molar refractivity (Wildman–Crippen MR) is 66.2 cm³/mol. The molecule has 3 N–H and O–H groups in total. The zero-order chi connectivity index (χ0) is 12.0. The molecule has 1 aliphatic carbocycles. The Balaban J connectivity index is 2.30. The first-order valence-electron chi connectivity index (χ1n) is 6.45. The Morgan fingerprint density at radius 2 is 1.94 bits per heavy atom. The van der Waals surface area contributed by atoms with Crippen LogP contribution in [0.1, 0.15) is 33.1 Å². The SMILES string of the molecule is CCN(CC)C(=O)NCC1CCCC1CN. The minimum Gasteiger partial charge on any atom is -0.338 e. The molecule has 1 aliphatic rings. The standard InChI is InChI=1S/C12H25N3O/c1-3-15(4-2)12(16)14-9-11-7-5-6-10(11)8-13/h10-11H,3-9,13H2,1-2H3,(H,14,16). The summed E-state index contributed by atoms with van der Waals surface area (Å²) in [5.74, 6) is 1.20. The highest BCUT2D eigenvalue weighted by Gasteiger charge is 2.26. The van der Waals surface area contributed by atoms with E-state index >= 15 is 0 Å². The van der Waals surface area contributed by atoms with E-state index in [0.29, 0.717) is 11.8 Å². The van der Waals surface area contributed by atoms with Crippen LogP contribution < -0.4 is 11.1 Å². The summed E-state index contributed by atoms with van der Waals surface area (Å²) < 4.78 is 0. The van der Waals surface area contributed by atoms with Crippen LogP contribution in [0.15, 0.2) is 0 Å². The Bertz CT molecular complexity index is 216. The van der Waals surface area contributed by atoms with Crippen LogP contribution in [0.25, 0.3) is 0 Å². The third-order valence-corrected chi connectivity index (χ3v) is 3.69. The Morgan fingerprint density at radius 1 is 1.31 bits per heavy atom. The first kappa shape index (κ1) is 13.3. The first-order chi connectivity index (χ1) is 7.72. The third kappa shape index (κ3) is 3.37. The summed E-state index contributed by atoms with van der Waals surface area (Å²) in [6, 6.07) is 0.0627. The van der Waals surface area contributed by atoms with Gasteiger partial charge in [0.25, 0.3) is 0 Å². The lowest BCUT2D eigenvalue weighted by molar-refractivity contribution is 0.200. The predicted octanol–water partition coefficient (Wildman–Crippen LogP) is 1.41. The van der Waals surface area contributed by atoms with E-state index in [-0.39, 0.29) is 6.03 Å². The second-order valence-corrected chi connectivity index (χ2v) is 4.55. The summed E-state index contributed by atoms with van der Waals surface area (Å²) in [6.45, 7) is 7.09. The molecule has 0 saturated heterocycles. The van der Waals surface area contributed by atoms with Crippen molar-refractivity contribution < 1.29 is 4.79 Å². The number of nitrogens with one attached hydrogen (secondary N) is 1. The summed E-state index contributed by atoms with van der Waals surface area (Å²) in [5.41, 5.74) is 5.72. The molecule has 0 heterocycles. The molecule has 2 amide bonds. The van der Waals surface area contributed by atoms with E-state index in [2.05, 4.69) is 5.32 Å². The maximum absolute atomic E-state index is 11.7. The van der Waals surface area contributed by atoms with Gasteiger partial charge in [0.1, 0.15) is 0 Å². The fraction of sp³-hybridized carbons (Fsp3) is 0.917. The minimum atomic E-state index is 0.0627. The molecule has 0 aromatic heterocycles. The van der Waals surface area contributed by atoms with Crippen LogP contribution in [0.5, 0.6) is 0 Å². The number of urea groups is 1. The quantitative estimate of drug-likeness (QED) is 0.746. The van der Waals surface area contributed by atoms with Crippen molar-refractivity contribution in [1.82, 2.24) is 10.2 Å². The van der Waals surface area contributed by atoms with Crippen molar-refractivity contribution in [3.63, 3.8) is 0 Å². The molecule has 2 atom stereocenters. The monoisotopic (exact) mass is 227 g/mol. The number of hydrogen-bond donors (Lipinski definition) is 2. The molecule has 1 saturated carbocycles. The molecule has 4 heteroatoms. The van der Waals surface area contributed by atoms with Gasteiger partial charge in [-0.05, 0) is 45.1 Å². The van der Waals surface area contributed by atoms with Gasteiger partial charge in [-0.2, -0.15) is 0 Å². The zero-order valence-corrected chi connectivity index (χ0v) is 10.5. The maximum Gasteiger partial charge on any atom is 0.317 e. The van der Waals surface area contributed by atoms with Crippen LogP contribution in [-0.4, -0.2) is 37.1 Å². The number of nitrogens with zero attached hydrogens (tertiary/aromatic N) is 1. The van der Waals surface area contributed by atoms with E-state index < -0.39 is 0 Å². The van der Waals surface area contributed by atoms with Crippen molar-refractivity contribution in [1.29, 1.82) is 0 Å². The van der Waals surface area contributed by atoms with Gasteiger partial charge < -0.3 is 16.0 Å². The van der Waals surface area contributed by atoms with Crippen molar-refractivity contribution in [2.24, 2.45) is 17.6 Å². The normalized spacial score (nSPS) is 24.4. The van der Waals surface area contributed by atoms with Crippen molar-refractivity contribution in [2.45, 2.75) is 33.1 Å². The topological polar surface area (TPSA) is 58.4 Å². The molecule has 16 heavy (non-hydrogen) atoms. The zero-order valence-electron chi connectivity index (χ0n) is 10.5. The highest BCUT2D eigenvalue weighted by molar-refractivity contribution is 5.74. The van der Waals surface area contributed by atoms with E-state index in [9.17, 15) is 4.79 Å². The smallest absolute Gasteiger partial charge is 0.317 e. The Hall–Kier alpha value is -0.770. The molecule has 94 valence electrons.